The minimum atomic E-state index is 0.0369. The number of hydrogen-bond donors (Lipinski definition) is 1. The second kappa shape index (κ2) is 8.59. The summed E-state index contributed by atoms with van der Waals surface area (Å²) in [5, 5.41) is 0. The fourth-order valence-corrected chi connectivity index (χ4v) is 1.95. The third-order valence-electron chi connectivity index (χ3n) is 2.92. The van der Waals surface area contributed by atoms with E-state index >= 15 is 0 Å². The number of hydrogen-bond acceptors (Lipinski definition) is 3. The average molecular weight is 263 g/mol. The normalized spacial score (nSPS) is 11.9. The summed E-state index contributed by atoms with van der Waals surface area (Å²) in [5.74, 6) is 1.56. The van der Waals surface area contributed by atoms with Crippen molar-refractivity contribution in [2.45, 2.75) is 39.2 Å². The Morgan fingerprint density at radius 1 is 1.21 bits per heavy atom. The number of nitrogens with two attached hydrogens (primary N) is 1. The molecule has 0 heterocycles. The molecule has 0 bridgehead atoms. The van der Waals surface area contributed by atoms with Gasteiger partial charge in [0.1, 0.15) is 0 Å². The molecule has 1 aromatic rings. The van der Waals surface area contributed by atoms with E-state index in [4.69, 9.17) is 15.2 Å². The molecular formula is C16H25NO2. The van der Waals surface area contributed by atoms with E-state index in [-0.39, 0.29) is 6.04 Å². The molecule has 0 aliphatic heterocycles. The Labute approximate surface area is 116 Å². The molecule has 0 fully saturated rings. The van der Waals surface area contributed by atoms with Crippen molar-refractivity contribution < 1.29 is 9.47 Å². The molecule has 0 aromatic heterocycles. The molecule has 3 nitrogen and oxygen atoms in total. The van der Waals surface area contributed by atoms with Crippen molar-refractivity contribution in [2.75, 3.05) is 13.2 Å². The summed E-state index contributed by atoms with van der Waals surface area (Å²) in [4.78, 5) is 0. The molecule has 0 saturated heterocycles. The zero-order chi connectivity index (χ0) is 14.1. The van der Waals surface area contributed by atoms with Gasteiger partial charge in [-0.2, -0.15) is 0 Å². The van der Waals surface area contributed by atoms with E-state index in [9.17, 15) is 0 Å². The maximum absolute atomic E-state index is 6.19. The second-order valence-corrected chi connectivity index (χ2v) is 4.40. The van der Waals surface area contributed by atoms with Crippen molar-refractivity contribution >= 4 is 0 Å². The summed E-state index contributed by atoms with van der Waals surface area (Å²) in [6.07, 6.45) is 4.94. The minimum Gasteiger partial charge on any atom is -0.490 e. The van der Waals surface area contributed by atoms with Gasteiger partial charge in [0.15, 0.2) is 11.5 Å². The zero-order valence-corrected chi connectivity index (χ0v) is 12.0. The molecule has 19 heavy (non-hydrogen) atoms. The summed E-state index contributed by atoms with van der Waals surface area (Å²) in [7, 11) is 0. The zero-order valence-electron chi connectivity index (χ0n) is 12.0. The third kappa shape index (κ3) is 4.95. The van der Waals surface area contributed by atoms with E-state index in [1.807, 2.05) is 38.1 Å². The number of allylic oxidation sites excluding steroid dienone is 1. The van der Waals surface area contributed by atoms with Crippen LogP contribution in [0.5, 0.6) is 11.5 Å². The Bertz CT molecular complexity index is 390. The molecule has 0 radical (unpaired) electrons. The van der Waals surface area contributed by atoms with Crippen molar-refractivity contribution in [3.8, 4) is 11.5 Å². The van der Waals surface area contributed by atoms with Gasteiger partial charge in [0.25, 0.3) is 0 Å². The quantitative estimate of drug-likeness (QED) is 0.544. The molecule has 0 amide bonds. The molecule has 0 aliphatic carbocycles. The van der Waals surface area contributed by atoms with Crippen LogP contribution in [0.4, 0.5) is 0 Å². The highest BCUT2D eigenvalue weighted by molar-refractivity contribution is 5.43. The maximum Gasteiger partial charge on any atom is 0.161 e. The largest absolute Gasteiger partial charge is 0.490 e. The van der Waals surface area contributed by atoms with Gasteiger partial charge in [-0.3, -0.25) is 0 Å². The van der Waals surface area contributed by atoms with E-state index in [1.54, 1.807) is 0 Å². The highest BCUT2D eigenvalue weighted by atomic mass is 16.5. The van der Waals surface area contributed by atoms with Crippen LogP contribution in [-0.2, 0) is 0 Å². The first-order chi connectivity index (χ1) is 9.22. The van der Waals surface area contributed by atoms with Crippen LogP contribution in [0.2, 0.25) is 0 Å². The highest BCUT2D eigenvalue weighted by Crippen LogP contribution is 2.31. The third-order valence-corrected chi connectivity index (χ3v) is 2.92. The Morgan fingerprint density at radius 3 is 2.53 bits per heavy atom. The van der Waals surface area contributed by atoms with Gasteiger partial charge in [-0.25, -0.2) is 0 Å². The van der Waals surface area contributed by atoms with Gasteiger partial charge < -0.3 is 15.2 Å². The molecule has 0 aliphatic rings. The highest BCUT2D eigenvalue weighted by Gasteiger charge is 2.11. The van der Waals surface area contributed by atoms with Crippen LogP contribution in [0.3, 0.4) is 0 Å². The van der Waals surface area contributed by atoms with Crippen LogP contribution in [0, 0.1) is 0 Å². The van der Waals surface area contributed by atoms with E-state index < -0.39 is 0 Å². The average Bonchev–Trinajstić information content (AvgIpc) is 2.41. The fraction of sp³-hybridized carbons (Fsp3) is 0.500. The first-order valence-corrected chi connectivity index (χ1v) is 6.98. The van der Waals surface area contributed by atoms with Gasteiger partial charge >= 0.3 is 0 Å². The molecule has 0 spiro atoms. The van der Waals surface area contributed by atoms with Gasteiger partial charge in [0.05, 0.1) is 13.2 Å². The van der Waals surface area contributed by atoms with Crippen LogP contribution in [0.15, 0.2) is 30.9 Å². The SMILES string of the molecule is C=CCCCC(N)c1ccc(OCC)c(OCC)c1. The Kier molecular flexibility index (Phi) is 7.04. The standard InChI is InChI=1S/C16H25NO2/c1-4-7-8-9-14(17)13-10-11-15(18-5-2)16(12-13)19-6-3/h4,10-12,14H,1,5-9,17H2,2-3H3. The van der Waals surface area contributed by atoms with Crippen molar-refractivity contribution in [2.24, 2.45) is 5.73 Å². The minimum absolute atomic E-state index is 0.0369. The van der Waals surface area contributed by atoms with Crippen molar-refractivity contribution in [3.63, 3.8) is 0 Å². The van der Waals surface area contributed by atoms with E-state index in [0.717, 1.165) is 36.3 Å². The number of rotatable bonds is 9. The lowest BCUT2D eigenvalue weighted by Gasteiger charge is -2.16. The lowest BCUT2D eigenvalue weighted by Crippen LogP contribution is -2.10. The van der Waals surface area contributed by atoms with E-state index in [2.05, 4.69) is 6.58 Å². The number of benzene rings is 1. The van der Waals surface area contributed by atoms with Gasteiger partial charge in [0, 0.05) is 6.04 Å². The van der Waals surface area contributed by atoms with Crippen molar-refractivity contribution in [1.82, 2.24) is 0 Å². The monoisotopic (exact) mass is 263 g/mol. The summed E-state index contributed by atoms with van der Waals surface area (Å²) >= 11 is 0. The van der Waals surface area contributed by atoms with Crippen molar-refractivity contribution in [1.29, 1.82) is 0 Å². The predicted molar refractivity (Wildman–Crippen MR) is 79.8 cm³/mol. The van der Waals surface area contributed by atoms with Gasteiger partial charge in [-0.05, 0) is 50.8 Å². The fourth-order valence-electron chi connectivity index (χ4n) is 1.95. The molecule has 3 heteroatoms. The van der Waals surface area contributed by atoms with Crippen LogP contribution in [0.25, 0.3) is 0 Å². The molecule has 1 rings (SSSR count). The summed E-state index contributed by atoms with van der Waals surface area (Å²) in [5.41, 5.74) is 7.29. The molecule has 0 saturated carbocycles. The van der Waals surface area contributed by atoms with Gasteiger partial charge in [0.2, 0.25) is 0 Å². The lowest BCUT2D eigenvalue weighted by molar-refractivity contribution is 0.287. The number of ether oxygens (including phenoxy) is 2. The van der Waals surface area contributed by atoms with Gasteiger partial charge in [-0.1, -0.05) is 12.1 Å². The second-order valence-electron chi connectivity index (χ2n) is 4.40. The van der Waals surface area contributed by atoms with Crippen LogP contribution >= 0.6 is 0 Å². The topological polar surface area (TPSA) is 44.5 Å². The molecule has 2 N–H and O–H groups in total. The van der Waals surface area contributed by atoms with E-state index in [0.29, 0.717) is 13.2 Å². The summed E-state index contributed by atoms with van der Waals surface area (Å²) in [6, 6.07) is 5.99. The lowest BCUT2D eigenvalue weighted by atomic mass is 10.0. The smallest absolute Gasteiger partial charge is 0.161 e. The number of unbranched alkanes of at least 4 members (excludes halogenated alkanes) is 1. The Morgan fingerprint density at radius 2 is 1.89 bits per heavy atom. The van der Waals surface area contributed by atoms with Crippen LogP contribution in [0.1, 0.15) is 44.7 Å². The van der Waals surface area contributed by atoms with Crippen LogP contribution < -0.4 is 15.2 Å². The first-order valence-electron chi connectivity index (χ1n) is 6.98. The Balaban J connectivity index is 2.78. The molecule has 1 unspecified atom stereocenters. The molecule has 1 aromatic carbocycles. The van der Waals surface area contributed by atoms with Crippen molar-refractivity contribution in [3.05, 3.63) is 36.4 Å². The predicted octanol–water partition coefficient (Wildman–Crippen LogP) is 3.84. The summed E-state index contributed by atoms with van der Waals surface area (Å²) in [6.45, 7) is 8.90. The van der Waals surface area contributed by atoms with E-state index in [1.165, 1.54) is 0 Å². The molecule has 1 atom stereocenters. The van der Waals surface area contributed by atoms with Gasteiger partial charge in [-0.15, -0.1) is 6.58 Å². The summed E-state index contributed by atoms with van der Waals surface area (Å²) < 4.78 is 11.2. The first kappa shape index (κ1) is 15.6. The van der Waals surface area contributed by atoms with Crippen LogP contribution in [-0.4, -0.2) is 13.2 Å². The molecule has 106 valence electrons. The Hall–Kier alpha value is -1.48. The molecular weight excluding hydrogens is 238 g/mol. The maximum atomic E-state index is 6.19.